The molecule has 0 unspecified atom stereocenters. The quantitative estimate of drug-likeness (QED) is 0.193. The lowest BCUT2D eigenvalue weighted by molar-refractivity contribution is 0.0850. The summed E-state index contributed by atoms with van der Waals surface area (Å²) in [5.41, 5.74) is 4.02. The van der Waals surface area contributed by atoms with Crippen LogP contribution in [0.3, 0.4) is 0 Å². The third-order valence-corrected chi connectivity index (χ3v) is 8.51. The molecule has 0 bridgehead atoms. The van der Waals surface area contributed by atoms with Crippen molar-refractivity contribution < 1.29 is 5.11 Å². The van der Waals surface area contributed by atoms with Gasteiger partial charge in [-0.05, 0) is 70.5 Å². The van der Waals surface area contributed by atoms with Gasteiger partial charge in [-0.1, -0.05) is 145 Å². The van der Waals surface area contributed by atoms with E-state index in [1.165, 1.54) is 22.3 Å². The summed E-state index contributed by atoms with van der Waals surface area (Å²) in [4.78, 5) is -0.449. The van der Waals surface area contributed by atoms with Crippen molar-refractivity contribution >= 4 is 81.2 Å². The fourth-order valence-electron chi connectivity index (χ4n) is 4.28. The van der Waals surface area contributed by atoms with E-state index >= 15 is 0 Å². The first-order chi connectivity index (χ1) is 18.9. The maximum Gasteiger partial charge on any atom is 0.227 e. The molecule has 40 heavy (non-hydrogen) atoms. The van der Waals surface area contributed by atoms with E-state index in [-0.39, 0.29) is 5.92 Å². The van der Waals surface area contributed by atoms with E-state index in [1.54, 1.807) is 48.5 Å². The van der Waals surface area contributed by atoms with Gasteiger partial charge >= 0.3 is 0 Å². The van der Waals surface area contributed by atoms with Crippen molar-refractivity contribution in [3.8, 4) is 0 Å². The molecule has 4 aromatic carbocycles. The van der Waals surface area contributed by atoms with Crippen molar-refractivity contribution in [1.29, 1.82) is 0 Å². The first-order valence-corrected chi connectivity index (χ1v) is 15.4. The molecule has 0 heterocycles. The molecule has 212 valence electrons. The molecule has 0 saturated heterocycles. The van der Waals surface area contributed by atoms with Gasteiger partial charge in [0.25, 0.3) is 0 Å². The number of hydrogen-bond acceptors (Lipinski definition) is 1. The highest BCUT2D eigenvalue weighted by Gasteiger charge is 2.50. The first kappa shape index (κ1) is 33.4. The summed E-state index contributed by atoms with van der Waals surface area (Å²) in [6.45, 7) is 4.31. The van der Waals surface area contributed by atoms with E-state index in [0.717, 1.165) is 12.8 Å². The van der Waals surface area contributed by atoms with Gasteiger partial charge in [-0.2, -0.15) is 0 Å². The molecular weight excluding hydrogens is 649 g/mol. The van der Waals surface area contributed by atoms with Crippen LogP contribution in [-0.2, 0) is 18.4 Å². The van der Waals surface area contributed by atoms with Crippen LogP contribution in [0.4, 0.5) is 0 Å². The van der Waals surface area contributed by atoms with Crippen molar-refractivity contribution in [2.45, 2.75) is 46.8 Å². The Morgan fingerprint density at radius 1 is 0.575 bits per heavy atom. The van der Waals surface area contributed by atoms with Gasteiger partial charge in [0.2, 0.25) is 3.79 Å². The van der Waals surface area contributed by atoms with Gasteiger partial charge in [-0.25, -0.2) is 0 Å². The highest BCUT2D eigenvalue weighted by Crippen LogP contribution is 2.49. The Kier molecular flexibility index (Phi) is 12.4. The molecular formula is C32H29Cl7O. The standard InChI is InChI=1S/C18H20Cl2.C14H9Cl5O/c1-3-13-5-9-15(10-6-13)17(18(19)20)16-11-7-14(4-2)8-12-16;15-11-5-1-9(2-6-11)13(20,14(17,18)19)10-3-7-12(16)8-4-10/h5-12,17-18H,3-4H2,1-2H3;1-8,20H. The van der Waals surface area contributed by atoms with Crippen molar-refractivity contribution in [1.82, 2.24) is 0 Å². The summed E-state index contributed by atoms with van der Waals surface area (Å²) in [7, 11) is 0. The number of hydrogen-bond donors (Lipinski definition) is 1. The Morgan fingerprint density at radius 2 is 0.900 bits per heavy atom. The van der Waals surface area contributed by atoms with Crippen LogP contribution >= 0.6 is 81.2 Å². The van der Waals surface area contributed by atoms with Gasteiger partial charge in [0, 0.05) is 16.0 Å². The number of aliphatic hydroxyl groups is 1. The highest BCUT2D eigenvalue weighted by molar-refractivity contribution is 6.68. The summed E-state index contributed by atoms with van der Waals surface area (Å²) >= 11 is 42.2. The minimum absolute atomic E-state index is 0.0233. The normalized spacial score (nSPS) is 11.9. The van der Waals surface area contributed by atoms with Crippen LogP contribution in [-0.4, -0.2) is 13.7 Å². The Labute approximate surface area is 271 Å². The Hall–Kier alpha value is -1.13. The highest BCUT2D eigenvalue weighted by atomic mass is 35.6. The van der Waals surface area contributed by atoms with Crippen molar-refractivity contribution in [2.75, 3.05) is 0 Å². The lowest BCUT2D eigenvalue weighted by Crippen LogP contribution is -2.41. The lowest BCUT2D eigenvalue weighted by Gasteiger charge is -2.35. The molecule has 4 aromatic rings. The van der Waals surface area contributed by atoms with Crippen LogP contribution < -0.4 is 0 Å². The zero-order chi connectivity index (χ0) is 29.5. The predicted octanol–water partition coefficient (Wildman–Crippen LogP) is 11.3. The molecule has 0 radical (unpaired) electrons. The van der Waals surface area contributed by atoms with Gasteiger partial charge in [-0.3, -0.25) is 0 Å². The van der Waals surface area contributed by atoms with Gasteiger partial charge in [0.1, 0.15) is 4.84 Å². The molecule has 4 rings (SSSR count). The Morgan fingerprint density at radius 3 is 1.15 bits per heavy atom. The average molecular weight is 678 g/mol. The zero-order valence-electron chi connectivity index (χ0n) is 21.9. The lowest BCUT2D eigenvalue weighted by atomic mass is 9.87. The molecule has 0 spiro atoms. The van der Waals surface area contributed by atoms with E-state index < -0.39 is 14.2 Å². The molecule has 1 N–H and O–H groups in total. The molecule has 0 aliphatic heterocycles. The maximum atomic E-state index is 11.0. The second-order valence-electron chi connectivity index (χ2n) is 9.22. The van der Waals surface area contributed by atoms with Crippen LogP contribution in [0.5, 0.6) is 0 Å². The average Bonchev–Trinajstić information content (AvgIpc) is 2.94. The van der Waals surface area contributed by atoms with E-state index in [1.807, 2.05) is 0 Å². The molecule has 0 aliphatic carbocycles. The SMILES string of the molecule is CCc1ccc(C(c2ccc(CC)cc2)C(Cl)Cl)cc1.OC(c1ccc(Cl)cc1)(c1ccc(Cl)cc1)C(Cl)(Cl)Cl. The van der Waals surface area contributed by atoms with Crippen molar-refractivity contribution in [3.63, 3.8) is 0 Å². The fourth-order valence-corrected chi connectivity index (χ4v) is 5.77. The largest absolute Gasteiger partial charge is 0.376 e. The van der Waals surface area contributed by atoms with Gasteiger partial charge in [0.05, 0.1) is 0 Å². The molecule has 0 amide bonds. The summed E-state index contributed by atoms with van der Waals surface area (Å²) in [5.74, 6) is 0.0233. The Balaban J connectivity index is 0.000000220. The minimum atomic E-state index is -1.96. The summed E-state index contributed by atoms with van der Waals surface area (Å²) in [6, 6.07) is 30.1. The van der Waals surface area contributed by atoms with Gasteiger partial charge in [-0.15, -0.1) is 23.2 Å². The van der Waals surface area contributed by atoms with Crippen molar-refractivity contribution in [2.24, 2.45) is 0 Å². The van der Waals surface area contributed by atoms with Gasteiger partial charge in [0.15, 0.2) is 5.60 Å². The second-order valence-corrected chi connectivity index (χ2v) is 13.5. The van der Waals surface area contributed by atoms with Crippen LogP contribution in [0.25, 0.3) is 0 Å². The van der Waals surface area contributed by atoms with E-state index in [0.29, 0.717) is 21.2 Å². The molecule has 0 saturated carbocycles. The molecule has 8 heteroatoms. The first-order valence-electron chi connectivity index (χ1n) is 12.7. The van der Waals surface area contributed by atoms with E-state index in [9.17, 15) is 5.11 Å². The number of halogens is 7. The van der Waals surface area contributed by atoms with Crippen molar-refractivity contribution in [3.05, 3.63) is 140 Å². The number of aryl methyl sites for hydroxylation is 2. The second kappa shape index (κ2) is 14.9. The maximum absolute atomic E-state index is 11.0. The monoisotopic (exact) mass is 674 g/mol. The molecule has 0 fully saturated rings. The predicted molar refractivity (Wildman–Crippen MR) is 175 cm³/mol. The van der Waals surface area contributed by atoms with E-state index in [4.69, 9.17) is 81.2 Å². The fraction of sp³-hybridized carbons (Fsp3) is 0.250. The van der Waals surface area contributed by atoms with Gasteiger partial charge < -0.3 is 5.11 Å². The molecule has 0 aromatic heterocycles. The van der Waals surface area contributed by atoms with Crippen LogP contribution in [0.2, 0.25) is 10.0 Å². The molecule has 0 aliphatic rings. The smallest absolute Gasteiger partial charge is 0.227 e. The molecule has 0 atom stereocenters. The minimum Gasteiger partial charge on any atom is -0.376 e. The summed E-state index contributed by atoms with van der Waals surface area (Å²) < 4.78 is -1.96. The topological polar surface area (TPSA) is 20.2 Å². The van der Waals surface area contributed by atoms with Crippen LogP contribution in [0, 0.1) is 0 Å². The third-order valence-electron chi connectivity index (χ3n) is 6.68. The molecule has 1 nitrogen and oxygen atoms in total. The van der Waals surface area contributed by atoms with Crippen LogP contribution in [0.1, 0.15) is 53.1 Å². The Bertz CT molecular complexity index is 1240. The summed E-state index contributed by atoms with van der Waals surface area (Å²) in [6.07, 6.45) is 2.09. The third kappa shape index (κ3) is 8.24. The van der Waals surface area contributed by atoms with E-state index in [2.05, 4.69) is 62.4 Å². The zero-order valence-corrected chi connectivity index (χ0v) is 27.2. The number of benzene rings is 4. The number of rotatable bonds is 7. The number of alkyl halides is 5. The van der Waals surface area contributed by atoms with Crippen LogP contribution in [0.15, 0.2) is 97.1 Å². The summed E-state index contributed by atoms with van der Waals surface area (Å²) in [5, 5.41) is 12.0.